The molecule has 5 nitrogen and oxygen atoms in total. The predicted molar refractivity (Wildman–Crippen MR) is 166 cm³/mol. The first-order valence-corrected chi connectivity index (χ1v) is 19.5. The van der Waals surface area contributed by atoms with Crippen LogP contribution >= 0.6 is 23.5 Å². The van der Waals surface area contributed by atoms with Gasteiger partial charge in [-0.25, -0.2) is 0 Å². The van der Waals surface area contributed by atoms with Crippen LogP contribution in [0, 0.1) is 22.0 Å². The van der Waals surface area contributed by atoms with Crippen LogP contribution in [0.2, 0.25) is 18.1 Å². The van der Waals surface area contributed by atoms with Crippen molar-refractivity contribution in [1.82, 2.24) is 0 Å². The number of rotatable bonds is 14. The summed E-state index contributed by atoms with van der Waals surface area (Å²) in [5, 5.41) is 12.8. The molecule has 0 spiro atoms. The topological polar surface area (TPSA) is 61.6 Å². The fourth-order valence-corrected chi connectivity index (χ4v) is 10.4. The van der Waals surface area contributed by atoms with Crippen molar-refractivity contribution < 1.29 is 14.1 Å². The molecule has 3 rings (SSSR count). The van der Waals surface area contributed by atoms with Crippen LogP contribution in [-0.2, 0) is 15.8 Å². The van der Waals surface area contributed by atoms with Crippen LogP contribution in [0.3, 0.4) is 0 Å². The van der Waals surface area contributed by atoms with E-state index in [4.69, 9.17) is 9.16 Å². The summed E-state index contributed by atoms with van der Waals surface area (Å²) in [6.07, 6.45) is 7.50. The molecule has 1 aliphatic heterocycles. The molecule has 2 aliphatic rings. The Labute approximate surface area is 241 Å². The Hall–Kier alpha value is -0.543. The summed E-state index contributed by atoms with van der Waals surface area (Å²) in [5.41, 5.74) is 0.343. The van der Waals surface area contributed by atoms with E-state index >= 15 is 0 Å². The third-order valence-electron chi connectivity index (χ3n) is 9.30. The van der Waals surface area contributed by atoms with Crippen molar-refractivity contribution in [3.8, 4) is 0 Å². The van der Waals surface area contributed by atoms with Crippen molar-refractivity contribution in [2.45, 2.75) is 113 Å². The quantitative estimate of drug-likeness (QED) is 0.124. The van der Waals surface area contributed by atoms with Gasteiger partial charge in [0.05, 0.1) is 17.3 Å². The Morgan fingerprint density at radius 2 is 1.79 bits per heavy atom. The first-order valence-electron chi connectivity index (χ1n) is 14.6. The lowest BCUT2D eigenvalue weighted by molar-refractivity contribution is -0.581. The molecule has 0 N–H and O–H groups in total. The lowest BCUT2D eigenvalue weighted by atomic mass is 9.76. The second kappa shape index (κ2) is 13.9. The Balaban J connectivity index is 1.58. The monoisotopic (exact) mass is 581 g/mol. The second-order valence-electron chi connectivity index (χ2n) is 13.0. The van der Waals surface area contributed by atoms with Gasteiger partial charge >= 0.3 is 0 Å². The Morgan fingerprint density at radius 1 is 1.11 bits per heavy atom. The van der Waals surface area contributed by atoms with Crippen LogP contribution in [0.15, 0.2) is 30.3 Å². The van der Waals surface area contributed by atoms with Gasteiger partial charge in [-0.05, 0) is 79.6 Å². The van der Waals surface area contributed by atoms with E-state index in [1.54, 1.807) is 0 Å². The lowest BCUT2D eigenvalue weighted by Crippen LogP contribution is -2.45. The van der Waals surface area contributed by atoms with E-state index in [1.165, 1.54) is 17.9 Å². The van der Waals surface area contributed by atoms with Crippen LogP contribution in [-0.4, -0.2) is 47.6 Å². The van der Waals surface area contributed by atoms with Crippen molar-refractivity contribution in [3.63, 3.8) is 0 Å². The zero-order chi connectivity index (χ0) is 27.9. The maximum Gasteiger partial charge on any atom is 0.225 e. The average molecular weight is 582 g/mol. The minimum Gasteiger partial charge on any atom is -0.417 e. The van der Waals surface area contributed by atoms with Gasteiger partial charge in [0.25, 0.3) is 0 Å². The number of hydrogen-bond acceptors (Lipinski definition) is 6. The molecule has 1 aliphatic carbocycles. The Morgan fingerprint density at radius 3 is 2.42 bits per heavy atom. The standard InChI is InChI=1S/C30H51NO4S2Si/c1-25(23-34-24-26-13-8-7-9-14-26)27-15-10-16-29(27,31(32)33)17-11-18-30(36-21-12-22-37-30)19-20-35-38(5,6)28(2,3)4/h7-9,13-14,25,27H,10-12,15-24H2,1-6H3/t25-,27+,29-/m0/s1. The van der Waals surface area contributed by atoms with E-state index in [9.17, 15) is 10.1 Å². The zero-order valence-corrected chi connectivity index (χ0v) is 27.3. The maximum atomic E-state index is 12.6. The molecule has 1 saturated heterocycles. The molecule has 1 saturated carbocycles. The van der Waals surface area contributed by atoms with Crippen molar-refractivity contribution in [1.29, 1.82) is 0 Å². The maximum absolute atomic E-state index is 12.6. The van der Waals surface area contributed by atoms with Crippen LogP contribution in [0.4, 0.5) is 0 Å². The molecule has 0 unspecified atom stereocenters. The molecule has 3 atom stereocenters. The highest BCUT2D eigenvalue weighted by Crippen LogP contribution is 2.51. The third-order valence-corrected chi connectivity index (χ3v) is 17.4. The highest BCUT2D eigenvalue weighted by molar-refractivity contribution is 8.18. The van der Waals surface area contributed by atoms with Gasteiger partial charge < -0.3 is 9.16 Å². The van der Waals surface area contributed by atoms with Crippen LogP contribution < -0.4 is 0 Å². The molecule has 0 aromatic heterocycles. The van der Waals surface area contributed by atoms with E-state index in [0.717, 1.165) is 44.3 Å². The number of hydrogen-bond donors (Lipinski definition) is 0. The minimum absolute atomic E-state index is 0.0813. The first kappa shape index (κ1) is 32.0. The Bertz CT molecular complexity index is 873. The minimum atomic E-state index is -1.78. The predicted octanol–water partition coefficient (Wildman–Crippen LogP) is 8.80. The molecule has 8 heteroatoms. The molecule has 1 aromatic carbocycles. The zero-order valence-electron chi connectivity index (χ0n) is 24.6. The van der Waals surface area contributed by atoms with Crippen LogP contribution in [0.25, 0.3) is 0 Å². The third kappa shape index (κ3) is 8.24. The SMILES string of the molecule is C[C@@H](COCc1ccccc1)[C@H]1CCC[C@@]1(CCCC1(CCO[Si](C)(C)C(C)(C)C)SCCCS1)[N+](=O)[O-]. The number of nitrogens with zero attached hydrogens (tertiary/aromatic N) is 1. The summed E-state index contributed by atoms with van der Waals surface area (Å²) >= 11 is 4.17. The van der Waals surface area contributed by atoms with E-state index in [1.807, 2.05) is 18.2 Å². The summed E-state index contributed by atoms with van der Waals surface area (Å²) in [6.45, 7) is 15.6. The van der Waals surface area contributed by atoms with E-state index in [0.29, 0.717) is 26.1 Å². The second-order valence-corrected chi connectivity index (χ2v) is 21.0. The van der Waals surface area contributed by atoms with Crippen molar-refractivity contribution >= 4 is 31.8 Å². The molecule has 216 valence electrons. The van der Waals surface area contributed by atoms with Crippen LogP contribution in [0.1, 0.15) is 84.6 Å². The summed E-state index contributed by atoms with van der Waals surface area (Å²) in [4.78, 5) is 12.7. The lowest BCUT2D eigenvalue weighted by Gasteiger charge is -2.40. The highest BCUT2D eigenvalue weighted by Gasteiger charge is 2.55. The van der Waals surface area contributed by atoms with Gasteiger partial charge in [-0.2, -0.15) is 0 Å². The summed E-state index contributed by atoms with van der Waals surface area (Å²) in [6, 6.07) is 10.2. The summed E-state index contributed by atoms with van der Waals surface area (Å²) < 4.78 is 12.7. The molecule has 38 heavy (non-hydrogen) atoms. The van der Waals surface area contributed by atoms with E-state index < -0.39 is 13.9 Å². The van der Waals surface area contributed by atoms with Crippen molar-refractivity contribution in [2.75, 3.05) is 24.7 Å². The van der Waals surface area contributed by atoms with Crippen LogP contribution in [0.5, 0.6) is 0 Å². The number of benzene rings is 1. The molecule has 1 heterocycles. The molecular weight excluding hydrogens is 531 g/mol. The van der Waals surface area contributed by atoms with Gasteiger partial charge in [-0.1, -0.05) is 58.0 Å². The van der Waals surface area contributed by atoms with E-state index in [2.05, 4.69) is 76.4 Å². The fraction of sp³-hybridized carbons (Fsp3) is 0.800. The first-order chi connectivity index (χ1) is 17.9. The van der Waals surface area contributed by atoms with Gasteiger partial charge in [0.2, 0.25) is 5.54 Å². The Kier molecular flexibility index (Phi) is 11.7. The fourth-order valence-electron chi connectivity index (χ4n) is 5.95. The van der Waals surface area contributed by atoms with Gasteiger partial charge in [0, 0.05) is 30.3 Å². The van der Waals surface area contributed by atoms with Gasteiger partial charge in [0.15, 0.2) is 8.32 Å². The van der Waals surface area contributed by atoms with Gasteiger partial charge in [0.1, 0.15) is 0 Å². The number of nitro groups is 1. The molecule has 0 radical (unpaired) electrons. The largest absolute Gasteiger partial charge is 0.417 e. The molecular formula is C30H51NO4S2Si. The molecule has 1 aromatic rings. The summed E-state index contributed by atoms with van der Waals surface area (Å²) in [5.74, 6) is 2.63. The van der Waals surface area contributed by atoms with Gasteiger partial charge in [-0.3, -0.25) is 10.1 Å². The average Bonchev–Trinajstić information content (AvgIpc) is 3.30. The van der Waals surface area contributed by atoms with Gasteiger partial charge in [-0.15, -0.1) is 23.5 Å². The van der Waals surface area contributed by atoms with Crippen molar-refractivity contribution in [3.05, 3.63) is 46.0 Å². The normalized spacial score (nSPS) is 24.8. The van der Waals surface area contributed by atoms with Crippen molar-refractivity contribution in [2.24, 2.45) is 11.8 Å². The highest BCUT2D eigenvalue weighted by atomic mass is 32.2. The summed E-state index contributed by atoms with van der Waals surface area (Å²) in [7, 11) is -1.78. The van der Waals surface area contributed by atoms with E-state index in [-0.39, 0.29) is 25.9 Å². The number of ether oxygens (including phenoxy) is 1. The molecule has 0 amide bonds. The molecule has 0 bridgehead atoms. The number of thioether (sulfide) groups is 2. The smallest absolute Gasteiger partial charge is 0.225 e. The molecule has 2 fully saturated rings.